The van der Waals surface area contributed by atoms with E-state index in [1.54, 1.807) is 20.8 Å². The zero-order chi connectivity index (χ0) is 13.6. The number of piperidine rings is 1. The maximum atomic E-state index is 12.1. The Balaban J connectivity index is 1.96. The Morgan fingerprint density at radius 2 is 1.67 bits per heavy atom. The first-order chi connectivity index (χ1) is 8.21. The standard InChI is InChI=1S/C13H24ClNO2S/c1-13(2,3)18(16,17)7-6-15-11-4-5-12(15)9-10(14)8-11/h10-12H,4-9H2,1-3H3. The third-order valence-corrected chi connectivity index (χ3v) is 7.32. The average molecular weight is 294 g/mol. The van der Waals surface area contributed by atoms with Gasteiger partial charge in [-0.2, -0.15) is 0 Å². The number of alkyl halides is 1. The molecule has 0 amide bonds. The van der Waals surface area contributed by atoms with E-state index in [-0.39, 0.29) is 11.1 Å². The minimum Gasteiger partial charge on any atom is -0.296 e. The summed E-state index contributed by atoms with van der Waals surface area (Å²) >= 11 is 6.23. The summed E-state index contributed by atoms with van der Waals surface area (Å²) in [5.41, 5.74) is 0. The quantitative estimate of drug-likeness (QED) is 0.750. The number of hydrogen-bond acceptors (Lipinski definition) is 3. The normalized spacial score (nSPS) is 33.9. The van der Waals surface area contributed by atoms with Gasteiger partial charge in [-0.25, -0.2) is 8.42 Å². The molecule has 0 saturated carbocycles. The molecule has 0 radical (unpaired) electrons. The van der Waals surface area contributed by atoms with Crippen LogP contribution >= 0.6 is 11.6 Å². The predicted octanol–water partition coefficient (Wildman–Crippen LogP) is 2.43. The number of rotatable bonds is 3. The van der Waals surface area contributed by atoms with E-state index in [4.69, 9.17) is 11.6 Å². The fourth-order valence-electron chi connectivity index (χ4n) is 3.10. The second-order valence-corrected chi connectivity index (χ2v) is 10.1. The monoisotopic (exact) mass is 293 g/mol. The summed E-state index contributed by atoms with van der Waals surface area (Å²) in [6, 6.07) is 1.03. The molecule has 2 aliphatic heterocycles. The Labute approximate surface area is 116 Å². The molecule has 0 aliphatic carbocycles. The second-order valence-electron chi connectivity index (χ2n) is 6.62. The van der Waals surface area contributed by atoms with Crippen molar-refractivity contribution in [3.63, 3.8) is 0 Å². The van der Waals surface area contributed by atoms with Crippen molar-refractivity contribution in [1.29, 1.82) is 0 Å². The molecule has 2 rings (SSSR count). The Morgan fingerprint density at radius 1 is 1.17 bits per heavy atom. The van der Waals surface area contributed by atoms with Gasteiger partial charge in [-0.1, -0.05) is 0 Å². The zero-order valence-electron chi connectivity index (χ0n) is 11.5. The summed E-state index contributed by atoms with van der Waals surface area (Å²) in [5.74, 6) is 0.274. The van der Waals surface area contributed by atoms with Gasteiger partial charge in [0.25, 0.3) is 0 Å². The maximum Gasteiger partial charge on any atom is 0.156 e. The minimum absolute atomic E-state index is 0.274. The zero-order valence-corrected chi connectivity index (χ0v) is 13.1. The molecule has 5 heteroatoms. The molecular formula is C13H24ClNO2S. The fraction of sp³-hybridized carbons (Fsp3) is 1.00. The third-order valence-electron chi connectivity index (χ3n) is 4.38. The molecule has 0 aromatic carbocycles. The molecular weight excluding hydrogens is 270 g/mol. The van der Waals surface area contributed by atoms with Crippen LogP contribution in [-0.4, -0.2) is 47.8 Å². The van der Waals surface area contributed by atoms with Crippen LogP contribution < -0.4 is 0 Å². The van der Waals surface area contributed by atoms with E-state index < -0.39 is 14.6 Å². The molecule has 3 nitrogen and oxygen atoms in total. The molecule has 2 atom stereocenters. The van der Waals surface area contributed by atoms with Gasteiger partial charge in [0.05, 0.1) is 10.5 Å². The summed E-state index contributed by atoms with van der Waals surface area (Å²) in [6.45, 7) is 6.02. The van der Waals surface area contributed by atoms with E-state index in [2.05, 4.69) is 4.90 Å². The molecule has 106 valence electrons. The second kappa shape index (κ2) is 4.95. The van der Waals surface area contributed by atoms with Crippen LogP contribution in [0.15, 0.2) is 0 Å². The summed E-state index contributed by atoms with van der Waals surface area (Å²) in [6.07, 6.45) is 4.41. The van der Waals surface area contributed by atoms with Crippen molar-refractivity contribution in [3.8, 4) is 0 Å². The number of fused-ring (bicyclic) bond motifs is 2. The average Bonchev–Trinajstić information content (AvgIpc) is 2.45. The molecule has 0 N–H and O–H groups in total. The number of nitrogens with zero attached hydrogens (tertiary/aromatic N) is 1. The number of halogens is 1. The van der Waals surface area contributed by atoms with Crippen LogP contribution in [0.5, 0.6) is 0 Å². The smallest absolute Gasteiger partial charge is 0.156 e. The van der Waals surface area contributed by atoms with Crippen molar-refractivity contribution in [2.45, 2.75) is 68.7 Å². The first-order valence-electron chi connectivity index (χ1n) is 6.83. The van der Waals surface area contributed by atoms with E-state index in [0.29, 0.717) is 18.6 Å². The van der Waals surface area contributed by atoms with E-state index in [0.717, 1.165) is 12.8 Å². The summed E-state index contributed by atoms with van der Waals surface area (Å²) < 4.78 is 23.6. The third kappa shape index (κ3) is 2.86. The topological polar surface area (TPSA) is 37.4 Å². The van der Waals surface area contributed by atoms with Crippen LogP contribution in [0, 0.1) is 0 Å². The molecule has 2 fully saturated rings. The maximum absolute atomic E-state index is 12.1. The molecule has 2 saturated heterocycles. The molecule has 0 aromatic rings. The largest absolute Gasteiger partial charge is 0.296 e. The number of hydrogen-bond donors (Lipinski definition) is 0. The summed E-state index contributed by atoms with van der Waals surface area (Å²) in [4.78, 5) is 2.39. The summed E-state index contributed by atoms with van der Waals surface area (Å²) in [7, 11) is -3.00. The van der Waals surface area contributed by atoms with Gasteiger partial charge in [0.1, 0.15) is 0 Å². The van der Waals surface area contributed by atoms with Gasteiger partial charge in [-0.15, -0.1) is 11.6 Å². The lowest BCUT2D eigenvalue weighted by molar-refractivity contribution is 0.152. The first-order valence-corrected chi connectivity index (χ1v) is 8.92. The Kier molecular flexibility index (Phi) is 4.02. The first kappa shape index (κ1) is 14.6. The SMILES string of the molecule is CC(C)(C)S(=O)(=O)CCN1C2CCC1CC(Cl)C2. The van der Waals surface area contributed by atoms with E-state index in [1.165, 1.54) is 12.8 Å². The Hall–Kier alpha value is 0.200. The Bertz CT molecular complexity index is 388. The lowest BCUT2D eigenvalue weighted by Crippen LogP contribution is -2.46. The van der Waals surface area contributed by atoms with Gasteiger partial charge in [0.15, 0.2) is 9.84 Å². The highest BCUT2D eigenvalue weighted by Gasteiger charge is 2.41. The van der Waals surface area contributed by atoms with Gasteiger partial charge in [0.2, 0.25) is 0 Å². The van der Waals surface area contributed by atoms with E-state index >= 15 is 0 Å². The van der Waals surface area contributed by atoms with Crippen molar-refractivity contribution in [1.82, 2.24) is 4.90 Å². The van der Waals surface area contributed by atoms with E-state index in [9.17, 15) is 8.42 Å². The van der Waals surface area contributed by atoms with Crippen LogP contribution in [0.4, 0.5) is 0 Å². The van der Waals surface area contributed by atoms with Crippen LogP contribution in [0.2, 0.25) is 0 Å². The van der Waals surface area contributed by atoms with Crippen molar-refractivity contribution >= 4 is 21.4 Å². The van der Waals surface area contributed by atoms with Crippen molar-refractivity contribution in [3.05, 3.63) is 0 Å². The van der Waals surface area contributed by atoms with Gasteiger partial charge in [-0.05, 0) is 46.5 Å². The lowest BCUT2D eigenvalue weighted by Gasteiger charge is -2.37. The lowest BCUT2D eigenvalue weighted by atomic mass is 10.0. The highest BCUT2D eigenvalue weighted by atomic mass is 35.5. The van der Waals surface area contributed by atoms with Gasteiger partial charge >= 0.3 is 0 Å². The molecule has 2 bridgehead atoms. The number of sulfone groups is 1. The van der Waals surface area contributed by atoms with Gasteiger partial charge < -0.3 is 0 Å². The van der Waals surface area contributed by atoms with Crippen molar-refractivity contribution in [2.24, 2.45) is 0 Å². The van der Waals surface area contributed by atoms with Crippen molar-refractivity contribution < 1.29 is 8.42 Å². The van der Waals surface area contributed by atoms with Crippen molar-refractivity contribution in [2.75, 3.05) is 12.3 Å². The Morgan fingerprint density at radius 3 is 2.11 bits per heavy atom. The molecule has 2 unspecified atom stereocenters. The van der Waals surface area contributed by atoms with Crippen LogP contribution in [-0.2, 0) is 9.84 Å². The molecule has 2 heterocycles. The van der Waals surface area contributed by atoms with E-state index in [1.807, 2.05) is 0 Å². The minimum atomic E-state index is -3.00. The predicted molar refractivity (Wildman–Crippen MR) is 75.9 cm³/mol. The highest BCUT2D eigenvalue weighted by Crippen LogP contribution is 2.37. The summed E-state index contributed by atoms with van der Waals surface area (Å²) in [5, 5.41) is 0.290. The van der Waals surface area contributed by atoms with Crippen LogP contribution in [0.25, 0.3) is 0 Å². The van der Waals surface area contributed by atoms with Crippen LogP contribution in [0.3, 0.4) is 0 Å². The van der Waals surface area contributed by atoms with Crippen LogP contribution in [0.1, 0.15) is 46.5 Å². The fourth-order valence-corrected chi connectivity index (χ4v) is 4.58. The molecule has 18 heavy (non-hydrogen) atoms. The molecule has 0 aromatic heterocycles. The molecule has 2 aliphatic rings. The molecule has 0 spiro atoms. The van der Waals surface area contributed by atoms with Gasteiger partial charge in [0, 0.05) is 24.0 Å². The highest BCUT2D eigenvalue weighted by molar-refractivity contribution is 7.92. The van der Waals surface area contributed by atoms with Gasteiger partial charge in [-0.3, -0.25) is 4.90 Å².